The first-order valence-electron chi connectivity index (χ1n) is 6.44. The zero-order valence-electron chi connectivity index (χ0n) is 11.9. The number of ketones is 1. The van der Waals surface area contributed by atoms with Gasteiger partial charge in [-0.05, 0) is 43.2 Å². The van der Waals surface area contributed by atoms with Crippen molar-refractivity contribution in [2.24, 2.45) is 0 Å². The first-order chi connectivity index (χ1) is 9.51. The van der Waals surface area contributed by atoms with Gasteiger partial charge in [0.1, 0.15) is 5.75 Å². The third-order valence-electron chi connectivity index (χ3n) is 3.33. The van der Waals surface area contributed by atoms with Crippen LogP contribution in [-0.2, 0) is 6.42 Å². The van der Waals surface area contributed by atoms with Gasteiger partial charge >= 0.3 is 0 Å². The SMILES string of the molecule is COc1ccc(Br)c(C(=O)Cc2cc(C)ccc2C)c1. The lowest BCUT2D eigenvalue weighted by molar-refractivity contribution is 0.0991. The van der Waals surface area contributed by atoms with Gasteiger partial charge in [-0.25, -0.2) is 0 Å². The van der Waals surface area contributed by atoms with Crippen molar-refractivity contribution >= 4 is 21.7 Å². The fourth-order valence-corrected chi connectivity index (χ4v) is 2.57. The van der Waals surface area contributed by atoms with E-state index in [0.717, 1.165) is 15.6 Å². The van der Waals surface area contributed by atoms with Crippen molar-refractivity contribution < 1.29 is 9.53 Å². The van der Waals surface area contributed by atoms with Gasteiger partial charge in [-0.3, -0.25) is 4.79 Å². The number of Topliss-reactive ketones (excluding diaryl/α,β-unsaturated/α-hetero) is 1. The quantitative estimate of drug-likeness (QED) is 0.770. The van der Waals surface area contributed by atoms with E-state index in [4.69, 9.17) is 4.74 Å². The van der Waals surface area contributed by atoms with Crippen molar-refractivity contribution in [1.82, 2.24) is 0 Å². The van der Waals surface area contributed by atoms with Gasteiger partial charge in [0.05, 0.1) is 7.11 Å². The predicted octanol–water partition coefficient (Wildman–Crippen LogP) is 4.50. The van der Waals surface area contributed by atoms with E-state index in [1.807, 2.05) is 26.0 Å². The number of carbonyl (C=O) groups is 1. The van der Waals surface area contributed by atoms with Gasteiger partial charge in [-0.15, -0.1) is 0 Å². The Hall–Kier alpha value is -1.61. The maximum Gasteiger partial charge on any atom is 0.168 e. The fourth-order valence-electron chi connectivity index (χ4n) is 2.10. The van der Waals surface area contributed by atoms with Gasteiger partial charge < -0.3 is 4.74 Å². The molecular weight excluding hydrogens is 316 g/mol. The molecule has 0 radical (unpaired) electrons. The molecule has 0 spiro atoms. The monoisotopic (exact) mass is 332 g/mol. The van der Waals surface area contributed by atoms with Crippen LogP contribution in [0.1, 0.15) is 27.0 Å². The normalized spacial score (nSPS) is 10.4. The van der Waals surface area contributed by atoms with Crippen LogP contribution >= 0.6 is 15.9 Å². The van der Waals surface area contributed by atoms with Crippen molar-refractivity contribution in [1.29, 1.82) is 0 Å². The second kappa shape index (κ2) is 6.23. The Labute approximate surface area is 127 Å². The van der Waals surface area contributed by atoms with Crippen molar-refractivity contribution in [3.63, 3.8) is 0 Å². The summed E-state index contributed by atoms with van der Waals surface area (Å²) in [6.45, 7) is 4.07. The van der Waals surface area contributed by atoms with Crippen LogP contribution < -0.4 is 4.74 Å². The van der Waals surface area contributed by atoms with Crippen molar-refractivity contribution in [2.75, 3.05) is 7.11 Å². The summed E-state index contributed by atoms with van der Waals surface area (Å²) in [5.74, 6) is 0.780. The number of ether oxygens (including phenoxy) is 1. The van der Waals surface area contributed by atoms with Crippen LogP contribution in [0.25, 0.3) is 0 Å². The summed E-state index contributed by atoms with van der Waals surface area (Å²) in [7, 11) is 1.60. The first kappa shape index (κ1) is 14.8. The summed E-state index contributed by atoms with van der Waals surface area (Å²) in [5, 5.41) is 0. The van der Waals surface area contributed by atoms with E-state index in [1.54, 1.807) is 13.2 Å². The van der Waals surface area contributed by atoms with Crippen LogP contribution in [0.2, 0.25) is 0 Å². The van der Waals surface area contributed by atoms with E-state index in [0.29, 0.717) is 17.7 Å². The van der Waals surface area contributed by atoms with Crippen LogP contribution in [0.5, 0.6) is 5.75 Å². The van der Waals surface area contributed by atoms with Crippen LogP contribution in [0.4, 0.5) is 0 Å². The zero-order valence-corrected chi connectivity index (χ0v) is 13.5. The summed E-state index contributed by atoms with van der Waals surface area (Å²) in [6, 6.07) is 11.6. The van der Waals surface area contributed by atoms with E-state index in [2.05, 4.69) is 34.1 Å². The maximum atomic E-state index is 12.5. The van der Waals surface area contributed by atoms with E-state index in [-0.39, 0.29) is 5.78 Å². The molecule has 0 amide bonds. The molecule has 0 unspecified atom stereocenters. The fraction of sp³-hybridized carbons (Fsp3) is 0.235. The van der Waals surface area contributed by atoms with E-state index < -0.39 is 0 Å². The number of hydrogen-bond donors (Lipinski definition) is 0. The third kappa shape index (κ3) is 3.28. The molecule has 0 aliphatic heterocycles. The van der Waals surface area contributed by atoms with Crippen LogP contribution in [-0.4, -0.2) is 12.9 Å². The van der Waals surface area contributed by atoms with Gasteiger partial charge in [0, 0.05) is 16.5 Å². The highest BCUT2D eigenvalue weighted by molar-refractivity contribution is 9.10. The molecule has 0 bridgehead atoms. The highest BCUT2D eigenvalue weighted by atomic mass is 79.9. The summed E-state index contributed by atoms with van der Waals surface area (Å²) in [6.07, 6.45) is 0.402. The van der Waals surface area contributed by atoms with Crippen molar-refractivity contribution in [3.05, 3.63) is 63.1 Å². The molecule has 2 aromatic carbocycles. The summed E-state index contributed by atoms with van der Waals surface area (Å²) in [5.41, 5.74) is 4.04. The molecule has 3 heteroatoms. The molecule has 0 fully saturated rings. The lowest BCUT2D eigenvalue weighted by Gasteiger charge is -2.09. The van der Waals surface area contributed by atoms with Gasteiger partial charge in [0.2, 0.25) is 0 Å². The minimum absolute atomic E-state index is 0.0875. The van der Waals surface area contributed by atoms with Gasteiger partial charge in [0.25, 0.3) is 0 Å². The maximum absolute atomic E-state index is 12.5. The highest BCUT2D eigenvalue weighted by Crippen LogP contribution is 2.24. The second-order valence-corrected chi connectivity index (χ2v) is 5.73. The number of hydrogen-bond acceptors (Lipinski definition) is 2. The Kier molecular flexibility index (Phi) is 4.61. The summed E-state index contributed by atoms with van der Waals surface area (Å²) < 4.78 is 5.98. The molecule has 0 aliphatic rings. The Morgan fingerprint density at radius 2 is 1.90 bits per heavy atom. The smallest absolute Gasteiger partial charge is 0.168 e. The summed E-state index contributed by atoms with van der Waals surface area (Å²) >= 11 is 3.43. The Bertz CT molecular complexity index is 647. The first-order valence-corrected chi connectivity index (χ1v) is 7.23. The van der Waals surface area contributed by atoms with Gasteiger partial charge in [-0.1, -0.05) is 39.7 Å². The highest BCUT2D eigenvalue weighted by Gasteiger charge is 2.13. The second-order valence-electron chi connectivity index (χ2n) is 4.88. The molecule has 2 aromatic rings. The third-order valence-corrected chi connectivity index (χ3v) is 4.02. The molecule has 0 aliphatic carbocycles. The van der Waals surface area contributed by atoms with E-state index in [1.165, 1.54) is 5.56 Å². The topological polar surface area (TPSA) is 26.3 Å². The molecule has 0 heterocycles. The molecule has 0 saturated heterocycles. The molecule has 2 nitrogen and oxygen atoms in total. The van der Waals surface area contributed by atoms with Crippen LogP contribution in [0.3, 0.4) is 0 Å². The predicted molar refractivity (Wildman–Crippen MR) is 84.6 cm³/mol. The average molecular weight is 333 g/mol. The molecular formula is C17H17BrO2. The molecule has 0 aromatic heterocycles. The van der Waals surface area contributed by atoms with Crippen molar-refractivity contribution in [2.45, 2.75) is 20.3 Å². The average Bonchev–Trinajstić information content (AvgIpc) is 2.43. The van der Waals surface area contributed by atoms with Crippen LogP contribution in [0.15, 0.2) is 40.9 Å². The molecule has 2 rings (SSSR count). The van der Waals surface area contributed by atoms with Crippen LogP contribution in [0, 0.1) is 13.8 Å². The molecule has 104 valence electrons. The van der Waals surface area contributed by atoms with Crippen molar-refractivity contribution in [3.8, 4) is 5.75 Å². The number of benzene rings is 2. The lowest BCUT2D eigenvalue weighted by Crippen LogP contribution is -2.06. The van der Waals surface area contributed by atoms with E-state index >= 15 is 0 Å². The minimum atomic E-state index is 0.0875. The Morgan fingerprint density at radius 1 is 1.15 bits per heavy atom. The Morgan fingerprint density at radius 3 is 2.60 bits per heavy atom. The lowest BCUT2D eigenvalue weighted by atomic mass is 9.98. The van der Waals surface area contributed by atoms with E-state index in [9.17, 15) is 4.79 Å². The molecule has 0 saturated carbocycles. The standard InChI is InChI=1S/C17H17BrO2/c1-11-4-5-12(2)13(8-11)9-17(19)15-10-14(20-3)6-7-16(15)18/h4-8,10H,9H2,1-3H3. The molecule has 0 atom stereocenters. The zero-order chi connectivity index (χ0) is 14.7. The molecule has 0 N–H and O–H groups in total. The largest absolute Gasteiger partial charge is 0.497 e. The molecule has 20 heavy (non-hydrogen) atoms. The number of rotatable bonds is 4. The Balaban J connectivity index is 2.30. The number of methoxy groups -OCH3 is 1. The van der Waals surface area contributed by atoms with Gasteiger partial charge in [0.15, 0.2) is 5.78 Å². The van der Waals surface area contributed by atoms with Gasteiger partial charge in [-0.2, -0.15) is 0 Å². The minimum Gasteiger partial charge on any atom is -0.497 e. The summed E-state index contributed by atoms with van der Waals surface area (Å²) in [4.78, 5) is 12.5. The number of carbonyl (C=O) groups excluding carboxylic acids is 1. The number of halogens is 1. The number of aryl methyl sites for hydroxylation is 2.